The number of hydrogen-bond donors (Lipinski definition) is 0. The minimum absolute atomic E-state index is 0.0425. The third-order valence-electron chi connectivity index (χ3n) is 6.98. The van der Waals surface area contributed by atoms with Crippen molar-refractivity contribution in [2.75, 3.05) is 0 Å². The molecule has 0 amide bonds. The van der Waals surface area contributed by atoms with E-state index in [9.17, 15) is 0 Å². The van der Waals surface area contributed by atoms with E-state index in [2.05, 4.69) is 114 Å². The average molecular weight is 574 g/mol. The second-order valence-corrected chi connectivity index (χ2v) is 23.3. The Balaban J connectivity index is 2.55. The molecule has 3 rings (SSSR count). The fraction of sp³-hybridized carbons (Fsp3) is 0.600. The van der Waals surface area contributed by atoms with Gasteiger partial charge in [0.05, 0.1) is 0 Å². The maximum atomic E-state index is 6.93. The number of halogens is 3. The fourth-order valence-electron chi connectivity index (χ4n) is 4.60. The van der Waals surface area contributed by atoms with E-state index < -0.39 is 5.12 Å². The van der Waals surface area contributed by atoms with Gasteiger partial charge >= 0.3 is 235 Å². The predicted octanol–water partition coefficient (Wildman–Crippen LogP) is 11.6. The van der Waals surface area contributed by atoms with Crippen LogP contribution in [0.2, 0.25) is 0 Å². The Morgan fingerprint density at radius 1 is 0.556 bits per heavy atom. The van der Waals surface area contributed by atoms with Gasteiger partial charge in [0.1, 0.15) is 0 Å². The van der Waals surface area contributed by atoms with E-state index in [1.807, 2.05) is 0 Å². The standard InChI is InChI=1S/C30H44Cl3O2P/c1-18-21-14-19(27(2,3)4)16-23(29(8,9)10)25(21)34-36(31,32,33)35-26-22(18)15-20(28(5,6)7)17-24(26)30(11,12)13/h14-18H,1-13H3. The Bertz CT molecular complexity index is 1090. The van der Waals surface area contributed by atoms with Crippen LogP contribution in [-0.2, 0) is 21.7 Å². The first-order valence-electron chi connectivity index (χ1n) is 12.7. The zero-order valence-electron chi connectivity index (χ0n) is 24.3. The van der Waals surface area contributed by atoms with Crippen LogP contribution < -0.4 is 9.05 Å². The Morgan fingerprint density at radius 2 is 0.861 bits per heavy atom. The molecule has 6 heteroatoms. The van der Waals surface area contributed by atoms with Crippen LogP contribution in [-0.4, -0.2) is 0 Å². The van der Waals surface area contributed by atoms with E-state index in [0.717, 1.165) is 22.3 Å². The second-order valence-electron chi connectivity index (χ2n) is 14.5. The minimum atomic E-state index is -4.63. The first kappa shape index (κ1) is 29.9. The molecule has 0 bridgehead atoms. The van der Waals surface area contributed by atoms with Gasteiger partial charge in [-0.2, -0.15) is 0 Å². The predicted molar refractivity (Wildman–Crippen MR) is 161 cm³/mol. The molecule has 0 spiro atoms. The van der Waals surface area contributed by atoms with Crippen molar-refractivity contribution < 1.29 is 9.05 Å². The molecular formula is C30H44Cl3O2P. The zero-order chi connectivity index (χ0) is 27.9. The number of benzene rings is 2. The Morgan fingerprint density at radius 3 is 1.11 bits per heavy atom. The van der Waals surface area contributed by atoms with Crippen molar-refractivity contribution in [1.82, 2.24) is 0 Å². The van der Waals surface area contributed by atoms with Gasteiger partial charge < -0.3 is 0 Å². The van der Waals surface area contributed by atoms with E-state index in [1.165, 1.54) is 11.1 Å². The summed E-state index contributed by atoms with van der Waals surface area (Å²) in [5, 5.41) is -4.63. The third kappa shape index (κ3) is 6.14. The molecule has 36 heavy (non-hydrogen) atoms. The molecule has 202 valence electrons. The van der Waals surface area contributed by atoms with E-state index in [1.54, 1.807) is 0 Å². The molecule has 0 fully saturated rings. The molecule has 2 aromatic rings. The molecule has 0 unspecified atom stereocenters. The molecule has 1 aliphatic rings. The van der Waals surface area contributed by atoms with Gasteiger partial charge in [-0.15, -0.1) is 0 Å². The molecule has 0 radical (unpaired) electrons. The van der Waals surface area contributed by atoms with Gasteiger partial charge in [0.25, 0.3) is 0 Å². The Hall–Kier alpha value is -0.660. The summed E-state index contributed by atoms with van der Waals surface area (Å²) in [7, 11) is 0. The SMILES string of the molecule is CC1c2cc(C(C)(C)C)cc(C(C)(C)C)c2OP(Cl)(Cl)(Cl)Oc2c1cc(C(C)(C)C)cc2C(C)(C)C. The summed E-state index contributed by atoms with van der Waals surface area (Å²) in [6.45, 7) is 28.6. The van der Waals surface area contributed by atoms with Gasteiger partial charge in [-0.3, -0.25) is 0 Å². The number of fused-ring (bicyclic) bond motifs is 2. The van der Waals surface area contributed by atoms with Crippen LogP contribution in [0.1, 0.15) is 129 Å². The molecule has 1 aliphatic heterocycles. The van der Waals surface area contributed by atoms with Crippen molar-refractivity contribution >= 4 is 38.8 Å². The summed E-state index contributed by atoms with van der Waals surface area (Å²) in [4.78, 5) is 0. The van der Waals surface area contributed by atoms with E-state index >= 15 is 0 Å². The Kier molecular flexibility index (Phi) is 7.20. The van der Waals surface area contributed by atoms with Crippen molar-refractivity contribution in [2.45, 2.75) is 118 Å². The van der Waals surface area contributed by atoms with Gasteiger partial charge in [-0.1, -0.05) is 0 Å². The number of hydrogen-bond acceptors (Lipinski definition) is 2. The molecule has 1 heterocycles. The van der Waals surface area contributed by atoms with Crippen molar-refractivity contribution in [1.29, 1.82) is 0 Å². The van der Waals surface area contributed by atoms with Crippen molar-refractivity contribution in [3.05, 3.63) is 57.6 Å². The van der Waals surface area contributed by atoms with Gasteiger partial charge in [0.2, 0.25) is 0 Å². The number of rotatable bonds is 0. The quantitative estimate of drug-likeness (QED) is 0.292. The summed E-state index contributed by atoms with van der Waals surface area (Å²) in [5.41, 5.74) is 5.95. The van der Waals surface area contributed by atoms with Crippen LogP contribution in [0.25, 0.3) is 0 Å². The van der Waals surface area contributed by atoms with Gasteiger partial charge in [-0.05, 0) is 0 Å². The molecule has 0 atom stereocenters. The molecule has 2 nitrogen and oxygen atoms in total. The summed E-state index contributed by atoms with van der Waals surface area (Å²) in [5.74, 6) is 1.22. The summed E-state index contributed by atoms with van der Waals surface area (Å²) < 4.78 is 12.9. The van der Waals surface area contributed by atoms with E-state index in [0.29, 0.717) is 11.5 Å². The summed E-state index contributed by atoms with van der Waals surface area (Å²) in [6.07, 6.45) is 0. The van der Waals surface area contributed by atoms with E-state index in [4.69, 9.17) is 42.8 Å². The maximum absolute atomic E-state index is 6.93. The second kappa shape index (κ2) is 8.67. The zero-order valence-corrected chi connectivity index (χ0v) is 27.4. The topological polar surface area (TPSA) is 18.5 Å². The first-order chi connectivity index (χ1) is 15.8. The van der Waals surface area contributed by atoms with Crippen LogP contribution >= 0.6 is 38.8 Å². The Labute approximate surface area is 233 Å². The van der Waals surface area contributed by atoms with Gasteiger partial charge in [-0.25, -0.2) is 0 Å². The van der Waals surface area contributed by atoms with Crippen LogP contribution in [0.4, 0.5) is 0 Å². The van der Waals surface area contributed by atoms with Gasteiger partial charge in [0.15, 0.2) is 0 Å². The van der Waals surface area contributed by atoms with Crippen LogP contribution in [0, 0.1) is 0 Å². The average Bonchev–Trinajstić information content (AvgIpc) is 2.62. The monoisotopic (exact) mass is 572 g/mol. The van der Waals surface area contributed by atoms with Crippen LogP contribution in [0.15, 0.2) is 24.3 Å². The fourth-order valence-corrected chi connectivity index (χ4v) is 6.85. The molecule has 2 aromatic carbocycles. The first-order valence-corrected chi connectivity index (χ1v) is 17.5. The van der Waals surface area contributed by atoms with Gasteiger partial charge in [0, 0.05) is 0 Å². The molecule has 0 aromatic heterocycles. The molecular weight excluding hydrogens is 530 g/mol. The molecule has 0 saturated heterocycles. The van der Waals surface area contributed by atoms with E-state index in [-0.39, 0.29) is 27.6 Å². The van der Waals surface area contributed by atoms with Crippen molar-refractivity contribution in [3.63, 3.8) is 0 Å². The third-order valence-corrected chi connectivity index (χ3v) is 9.15. The van der Waals surface area contributed by atoms with Crippen LogP contribution in [0.5, 0.6) is 11.5 Å². The normalized spacial score (nSPS) is 21.0. The van der Waals surface area contributed by atoms with Crippen LogP contribution in [0.3, 0.4) is 0 Å². The van der Waals surface area contributed by atoms with Crippen molar-refractivity contribution in [3.8, 4) is 11.5 Å². The molecule has 0 saturated carbocycles. The molecule has 0 aliphatic carbocycles. The van der Waals surface area contributed by atoms with Crippen molar-refractivity contribution in [2.24, 2.45) is 0 Å². The molecule has 0 N–H and O–H groups in total. The summed E-state index contributed by atoms with van der Waals surface area (Å²) >= 11 is 20.8. The summed E-state index contributed by atoms with van der Waals surface area (Å²) in [6, 6.07) is 8.89.